The molecule has 5 aromatic rings. The van der Waals surface area contributed by atoms with Crippen LogP contribution in [-0.4, -0.2) is 24.9 Å². The van der Waals surface area contributed by atoms with E-state index in [2.05, 4.69) is 34.1 Å². The molecule has 0 bridgehead atoms. The summed E-state index contributed by atoms with van der Waals surface area (Å²) in [5, 5.41) is 0.779. The van der Waals surface area contributed by atoms with Gasteiger partial charge in [0.25, 0.3) is 0 Å². The first-order chi connectivity index (χ1) is 15.7. The van der Waals surface area contributed by atoms with E-state index in [9.17, 15) is 4.79 Å². The maximum absolute atomic E-state index is 12.4. The van der Waals surface area contributed by atoms with E-state index in [4.69, 9.17) is 14.7 Å². The number of esters is 1. The molecule has 3 aromatic heterocycles. The van der Waals surface area contributed by atoms with E-state index in [-0.39, 0.29) is 5.97 Å². The van der Waals surface area contributed by atoms with Crippen LogP contribution in [-0.2, 0) is 17.8 Å². The van der Waals surface area contributed by atoms with Crippen molar-refractivity contribution in [2.24, 2.45) is 0 Å². The Balaban J connectivity index is 1.80. The molecule has 5 rings (SSSR count). The van der Waals surface area contributed by atoms with Crippen LogP contribution in [0.4, 0.5) is 0 Å². The molecule has 0 spiro atoms. The Morgan fingerprint density at radius 3 is 2.50 bits per heavy atom. The van der Waals surface area contributed by atoms with Crippen LogP contribution in [0.15, 0.2) is 60.8 Å². The molecule has 0 saturated carbocycles. The van der Waals surface area contributed by atoms with Crippen molar-refractivity contribution in [3.63, 3.8) is 0 Å². The van der Waals surface area contributed by atoms with Crippen LogP contribution in [0.5, 0.6) is 5.75 Å². The molecule has 0 radical (unpaired) electrons. The maximum atomic E-state index is 12.4. The molecule has 2 aromatic carbocycles. The number of aromatic nitrogens is 4. The molecule has 0 N–H and O–H groups in total. The number of carbonyl (C=O) groups is 1. The third-order valence-corrected chi connectivity index (χ3v) is 5.64. The second kappa shape index (κ2) is 8.46. The fraction of sp³-hybridized carbons (Fsp3) is 0.269. The molecule has 0 aliphatic rings. The van der Waals surface area contributed by atoms with E-state index >= 15 is 0 Å². The average Bonchev–Trinajstić information content (AvgIpc) is 3.33. The van der Waals surface area contributed by atoms with Crippen LogP contribution in [0.3, 0.4) is 0 Å². The predicted octanol–water partition coefficient (Wildman–Crippen LogP) is 5.54. The second-order valence-corrected chi connectivity index (χ2v) is 8.07. The lowest BCUT2D eigenvalue weighted by Crippen LogP contribution is -2.07. The topological polar surface area (TPSA) is 61.4 Å². The van der Waals surface area contributed by atoms with Gasteiger partial charge in [0, 0.05) is 25.6 Å². The number of imidazole rings is 1. The van der Waals surface area contributed by atoms with Crippen molar-refractivity contribution < 1.29 is 9.53 Å². The van der Waals surface area contributed by atoms with Gasteiger partial charge in [-0.15, -0.1) is 0 Å². The minimum atomic E-state index is -0.238. The Morgan fingerprint density at radius 1 is 0.938 bits per heavy atom. The zero-order chi connectivity index (χ0) is 22.1. The number of aryl methyl sites for hydroxylation is 1. The number of ether oxygens (including phenoxy) is 1. The van der Waals surface area contributed by atoms with E-state index in [0.717, 1.165) is 58.4 Å². The number of carbonyl (C=O) groups excluding carboxylic acids is 1. The highest BCUT2D eigenvalue weighted by Gasteiger charge is 2.22. The van der Waals surface area contributed by atoms with Crippen molar-refractivity contribution >= 4 is 33.7 Å². The van der Waals surface area contributed by atoms with Crippen molar-refractivity contribution in [3.05, 3.63) is 72.2 Å². The normalized spacial score (nSPS) is 11.6. The Hall–Kier alpha value is -3.67. The Morgan fingerprint density at radius 2 is 1.72 bits per heavy atom. The third kappa shape index (κ3) is 3.51. The molecule has 0 aliphatic heterocycles. The van der Waals surface area contributed by atoms with E-state index in [0.29, 0.717) is 18.7 Å². The number of nitrogens with zero attached hydrogens (tertiary/aromatic N) is 4. The monoisotopic (exact) mass is 426 g/mol. The molecule has 6 nitrogen and oxygen atoms in total. The highest BCUT2D eigenvalue weighted by atomic mass is 16.5. The molecule has 0 amide bonds. The molecule has 0 aliphatic carbocycles. The van der Waals surface area contributed by atoms with Crippen molar-refractivity contribution in [1.29, 1.82) is 0 Å². The van der Waals surface area contributed by atoms with Gasteiger partial charge in [0.1, 0.15) is 16.9 Å². The Bertz CT molecular complexity index is 1420. The zero-order valence-corrected chi connectivity index (χ0v) is 18.4. The molecule has 6 heteroatoms. The minimum absolute atomic E-state index is 0.238. The zero-order valence-electron chi connectivity index (χ0n) is 18.4. The summed E-state index contributed by atoms with van der Waals surface area (Å²) in [6.45, 7) is 4.76. The van der Waals surface area contributed by atoms with Gasteiger partial charge in [0.15, 0.2) is 11.4 Å². The second-order valence-electron chi connectivity index (χ2n) is 8.07. The summed E-state index contributed by atoms with van der Waals surface area (Å²) >= 11 is 0. The van der Waals surface area contributed by atoms with Gasteiger partial charge >= 0.3 is 5.97 Å². The van der Waals surface area contributed by atoms with Crippen LogP contribution in [0.2, 0.25) is 0 Å². The van der Waals surface area contributed by atoms with Gasteiger partial charge in [-0.1, -0.05) is 56.3 Å². The number of hydrogen-bond acceptors (Lipinski definition) is 4. The number of fused-ring (bicyclic) bond motifs is 5. The molecular weight excluding hydrogens is 400 g/mol. The van der Waals surface area contributed by atoms with Gasteiger partial charge in [-0.05, 0) is 30.5 Å². The smallest absolute Gasteiger partial charge is 0.311 e. The standard InChI is InChI=1S/C26H26N4O2/c1-3-10-22-28-25-24(26-27-19-14-8-9-15-20(19)30(22)26)21(32-23(31)11-4-2)17-29(25)16-18-12-6-5-7-13-18/h5-9,12-15,17H,3-4,10-11,16H2,1-2H3. The van der Waals surface area contributed by atoms with Gasteiger partial charge in [-0.2, -0.15) is 0 Å². The first-order valence-electron chi connectivity index (χ1n) is 11.2. The lowest BCUT2D eigenvalue weighted by molar-refractivity contribution is -0.134. The third-order valence-electron chi connectivity index (χ3n) is 5.64. The van der Waals surface area contributed by atoms with Gasteiger partial charge in [-0.25, -0.2) is 9.97 Å². The summed E-state index contributed by atoms with van der Waals surface area (Å²) < 4.78 is 10.0. The summed E-state index contributed by atoms with van der Waals surface area (Å²) in [5.74, 6) is 1.24. The molecule has 0 saturated heterocycles. The molecular formula is C26H26N4O2. The number of hydrogen-bond donors (Lipinski definition) is 0. The highest BCUT2D eigenvalue weighted by Crippen LogP contribution is 2.34. The Kier molecular flexibility index (Phi) is 5.35. The van der Waals surface area contributed by atoms with E-state index in [1.807, 2.05) is 49.5 Å². The molecule has 32 heavy (non-hydrogen) atoms. The molecule has 0 unspecified atom stereocenters. The summed E-state index contributed by atoms with van der Waals surface area (Å²) in [6, 6.07) is 18.3. The molecule has 0 atom stereocenters. The number of benzene rings is 2. The van der Waals surface area contributed by atoms with Crippen LogP contribution in [0, 0.1) is 0 Å². The van der Waals surface area contributed by atoms with Crippen LogP contribution >= 0.6 is 0 Å². The highest BCUT2D eigenvalue weighted by molar-refractivity contribution is 6.01. The van der Waals surface area contributed by atoms with Crippen molar-refractivity contribution in [2.75, 3.05) is 0 Å². The van der Waals surface area contributed by atoms with Crippen molar-refractivity contribution in [3.8, 4) is 5.75 Å². The summed E-state index contributed by atoms with van der Waals surface area (Å²) in [5.41, 5.74) is 4.65. The molecule has 162 valence electrons. The summed E-state index contributed by atoms with van der Waals surface area (Å²) in [7, 11) is 0. The van der Waals surface area contributed by atoms with Crippen LogP contribution in [0.25, 0.3) is 27.7 Å². The van der Waals surface area contributed by atoms with Crippen LogP contribution < -0.4 is 4.74 Å². The lowest BCUT2D eigenvalue weighted by Gasteiger charge is -2.09. The van der Waals surface area contributed by atoms with Gasteiger partial charge in [-0.3, -0.25) is 9.20 Å². The van der Waals surface area contributed by atoms with Gasteiger partial charge in [0.05, 0.1) is 11.0 Å². The first kappa shape index (κ1) is 20.2. The molecule has 3 heterocycles. The predicted molar refractivity (Wildman–Crippen MR) is 126 cm³/mol. The summed E-state index contributed by atoms with van der Waals surface area (Å²) in [6.07, 6.45) is 4.81. The van der Waals surface area contributed by atoms with Crippen molar-refractivity contribution in [2.45, 2.75) is 46.1 Å². The summed E-state index contributed by atoms with van der Waals surface area (Å²) in [4.78, 5) is 22.4. The average molecular weight is 427 g/mol. The largest absolute Gasteiger partial charge is 0.424 e. The Labute approximate surface area is 186 Å². The number of rotatable bonds is 7. The maximum Gasteiger partial charge on any atom is 0.311 e. The minimum Gasteiger partial charge on any atom is -0.424 e. The van der Waals surface area contributed by atoms with Crippen molar-refractivity contribution in [1.82, 2.24) is 18.9 Å². The van der Waals surface area contributed by atoms with E-state index < -0.39 is 0 Å². The fourth-order valence-electron chi connectivity index (χ4n) is 4.23. The number of para-hydroxylation sites is 2. The van der Waals surface area contributed by atoms with E-state index in [1.165, 1.54) is 0 Å². The van der Waals surface area contributed by atoms with Gasteiger partial charge in [0.2, 0.25) is 0 Å². The fourth-order valence-corrected chi connectivity index (χ4v) is 4.23. The quantitative estimate of drug-likeness (QED) is 0.320. The van der Waals surface area contributed by atoms with Crippen LogP contribution in [0.1, 0.15) is 44.5 Å². The lowest BCUT2D eigenvalue weighted by atomic mass is 10.2. The first-order valence-corrected chi connectivity index (χ1v) is 11.2. The van der Waals surface area contributed by atoms with E-state index in [1.54, 1.807) is 0 Å². The van der Waals surface area contributed by atoms with Gasteiger partial charge < -0.3 is 9.30 Å². The SMILES string of the molecule is CCCC(=O)Oc1cn(Cc2ccccc2)c2nc(CCC)n3c4ccccc4nc3c12. The molecule has 0 fully saturated rings.